The topological polar surface area (TPSA) is 29.5 Å². The van der Waals surface area contributed by atoms with Crippen LogP contribution in [0.3, 0.4) is 0 Å². The van der Waals surface area contributed by atoms with Gasteiger partial charge in [-0.3, -0.25) is 0 Å². The van der Waals surface area contributed by atoms with Crippen molar-refractivity contribution >= 4 is 11.6 Å². The van der Waals surface area contributed by atoms with Gasteiger partial charge >= 0.3 is 0 Å². The van der Waals surface area contributed by atoms with E-state index in [4.69, 9.17) is 16.3 Å². The number of aliphatic hydroxyl groups excluding tert-OH is 1. The van der Waals surface area contributed by atoms with Crippen molar-refractivity contribution in [2.75, 3.05) is 13.2 Å². The van der Waals surface area contributed by atoms with Gasteiger partial charge in [-0.05, 0) is 37.8 Å². The van der Waals surface area contributed by atoms with Crippen LogP contribution in [0.25, 0.3) is 0 Å². The van der Waals surface area contributed by atoms with Gasteiger partial charge in [-0.2, -0.15) is 0 Å². The number of benzene rings is 1. The Hall–Kier alpha value is -0.640. The molecule has 0 saturated heterocycles. The van der Waals surface area contributed by atoms with Crippen LogP contribution >= 0.6 is 11.6 Å². The molecule has 1 unspecified atom stereocenters. The molecule has 17 heavy (non-hydrogen) atoms. The summed E-state index contributed by atoms with van der Waals surface area (Å²) in [5, 5.41) is 9.89. The molecule has 1 aromatic carbocycles. The lowest BCUT2D eigenvalue weighted by molar-refractivity contribution is 0.114. The standard InChI is InChI=1S/C13H18ClFO2/c1-2-17-8-4-6-11(16)9-10-5-3-7-12(15)13(10)14/h3,5,7,11,16H,2,4,6,8-9H2,1H3. The van der Waals surface area contributed by atoms with Crippen LogP contribution in [0.5, 0.6) is 0 Å². The Morgan fingerprint density at radius 3 is 2.94 bits per heavy atom. The van der Waals surface area contributed by atoms with Crippen molar-refractivity contribution < 1.29 is 14.2 Å². The monoisotopic (exact) mass is 260 g/mol. The molecule has 0 saturated carbocycles. The van der Waals surface area contributed by atoms with Crippen LogP contribution in [0.1, 0.15) is 25.3 Å². The van der Waals surface area contributed by atoms with Gasteiger partial charge < -0.3 is 9.84 Å². The number of rotatable bonds is 7. The summed E-state index contributed by atoms with van der Waals surface area (Å²) < 4.78 is 18.3. The summed E-state index contributed by atoms with van der Waals surface area (Å²) in [4.78, 5) is 0. The minimum absolute atomic E-state index is 0.108. The van der Waals surface area contributed by atoms with E-state index in [9.17, 15) is 9.50 Å². The summed E-state index contributed by atoms with van der Waals surface area (Å²) in [6, 6.07) is 4.65. The molecule has 0 bridgehead atoms. The largest absolute Gasteiger partial charge is 0.393 e. The van der Waals surface area contributed by atoms with Gasteiger partial charge in [0.05, 0.1) is 11.1 Å². The fourth-order valence-corrected chi connectivity index (χ4v) is 1.83. The fourth-order valence-electron chi connectivity index (χ4n) is 1.63. The van der Waals surface area contributed by atoms with E-state index in [1.54, 1.807) is 12.1 Å². The highest BCUT2D eigenvalue weighted by Crippen LogP contribution is 2.21. The molecule has 0 aliphatic heterocycles. The molecular weight excluding hydrogens is 243 g/mol. The van der Waals surface area contributed by atoms with E-state index in [0.29, 0.717) is 31.6 Å². The van der Waals surface area contributed by atoms with E-state index in [-0.39, 0.29) is 5.02 Å². The van der Waals surface area contributed by atoms with Crippen molar-refractivity contribution in [3.05, 3.63) is 34.6 Å². The molecule has 2 nitrogen and oxygen atoms in total. The van der Waals surface area contributed by atoms with E-state index in [2.05, 4.69) is 0 Å². The Morgan fingerprint density at radius 1 is 1.47 bits per heavy atom. The molecule has 1 N–H and O–H groups in total. The third kappa shape index (κ3) is 5.02. The van der Waals surface area contributed by atoms with Gasteiger partial charge in [0.1, 0.15) is 5.82 Å². The Morgan fingerprint density at radius 2 is 2.24 bits per heavy atom. The van der Waals surface area contributed by atoms with E-state index >= 15 is 0 Å². The maximum atomic E-state index is 13.1. The Labute approximate surface area is 106 Å². The zero-order chi connectivity index (χ0) is 12.7. The minimum Gasteiger partial charge on any atom is -0.393 e. The smallest absolute Gasteiger partial charge is 0.142 e. The van der Waals surface area contributed by atoms with Crippen LogP contribution in [0.2, 0.25) is 5.02 Å². The van der Waals surface area contributed by atoms with Crippen molar-refractivity contribution in [3.8, 4) is 0 Å². The number of halogens is 2. The zero-order valence-electron chi connectivity index (χ0n) is 9.96. The minimum atomic E-state index is -0.505. The van der Waals surface area contributed by atoms with Crippen LogP contribution in [0.15, 0.2) is 18.2 Å². The van der Waals surface area contributed by atoms with Crippen LogP contribution in [-0.2, 0) is 11.2 Å². The van der Waals surface area contributed by atoms with Crippen molar-refractivity contribution in [2.24, 2.45) is 0 Å². The highest BCUT2D eigenvalue weighted by Gasteiger charge is 2.10. The van der Waals surface area contributed by atoms with Crippen LogP contribution in [-0.4, -0.2) is 24.4 Å². The maximum Gasteiger partial charge on any atom is 0.142 e. The predicted molar refractivity (Wildman–Crippen MR) is 66.8 cm³/mol. The highest BCUT2D eigenvalue weighted by atomic mass is 35.5. The van der Waals surface area contributed by atoms with Gasteiger partial charge in [-0.1, -0.05) is 23.7 Å². The summed E-state index contributed by atoms with van der Waals surface area (Å²) in [6.45, 7) is 3.26. The summed E-state index contributed by atoms with van der Waals surface area (Å²) in [7, 11) is 0. The average Bonchev–Trinajstić information content (AvgIpc) is 2.31. The van der Waals surface area contributed by atoms with Gasteiger partial charge in [-0.15, -0.1) is 0 Å². The number of hydrogen-bond acceptors (Lipinski definition) is 2. The van der Waals surface area contributed by atoms with Gasteiger partial charge in [0.2, 0.25) is 0 Å². The molecule has 1 rings (SSSR count). The van der Waals surface area contributed by atoms with Gasteiger partial charge in [-0.25, -0.2) is 4.39 Å². The second-order valence-electron chi connectivity index (χ2n) is 3.91. The number of hydrogen-bond donors (Lipinski definition) is 1. The second kappa shape index (κ2) is 7.64. The van der Waals surface area contributed by atoms with Crippen LogP contribution < -0.4 is 0 Å². The van der Waals surface area contributed by atoms with E-state index in [1.807, 2.05) is 6.92 Å². The summed E-state index contributed by atoms with van der Waals surface area (Å²) in [5.74, 6) is -0.439. The molecule has 1 aromatic rings. The lowest BCUT2D eigenvalue weighted by atomic mass is 10.0. The number of aliphatic hydroxyl groups is 1. The third-order valence-corrected chi connectivity index (χ3v) is 2.94. The molecule has 0 heterocycles. The molecule has 1 atom stereocenters. The predicted octanol–water partition coefficient (Wildman–Crippen LogP) is 3.20. The molecule has 96 valence electrons. The van der Waals surface area contributed by atoms with E-state index < -0.39 is 11.9 Å². The Kier molecular flexibility index (Phi) is 6.48. The molecule has 4 heteroatoms. The molecule has 0 aromatic heterocycles. The third-order valence-electron chi connectivity index (χ3n) is 2.52. The average molecular weight is 261 g/mol. The van der Waals surface area contributed by atoms with E-state index in [1.165, 1.54) is 6.07 Å². The normalized spacial score (nSPS) is 12.7. The molecule has 0 amide bonds. The Bertz CT molecular complexity index is 344. The molecule has 0 aliphatic rings. The van der Waals surface area contributed by atoms with Crippen molar-refractivity contribution in [1.82, 2.24) is 0 Å². The molecular formula is C13H18ClFO2. The highest BCUT2D eigenvalue weighted by molar-refractivity contribution is 6.31. The Balaban J connectivity index is 2.39. The summed E-state index contributed by atoms with van der Waals surface area (Å²) in [6.07, 6.45) is 1.30. The summed E-state index contributed by atoms with van der Waals surface area (Å²) >= 11 is 5.81. The fraction of sp³-hybridized carbons (Fsp3) is 0.538. The van der Waals surface area contributed by atoms with Gasteiger partial charge in [0, 0.05) is 13.2 Å². The first-order valence-electron chi connectivity index (χ1n) is 5.83. The first-order chi connectivity index (χ1) is 8.15. The molecule has 0 aliphatic carbocycles. The first kappa shape index (κ1) is 14.4. The molecule has 0 fully saturated rings. The molecule has 0 radical (unpaired) electrons. The van der Waals surface area contributed by atoms with Gasteiger partial charge in [0.25, 0.3) is 0 Å². The summed E-state index contributed by atoms with van der Waals surface area (Å²) in [5.41, 5.74) is 0.649. The SMILES string of the molecule is CCOCCCC(O)Cc1cccc(F)c1Cl. The second-order valence-corrected chi connectivity index (χ2v) is 4.29. The first-order valence-corrected chi connectivity index (χ1v) is 6.21. The van der Waals surface area contributed by atoms with Crippen LogP contribution in [0.4, 0.5) is 4.39 Å². The lowest BCUT2D eigenvalue weighted by Crippen LogP contribution is -2.12. The number of ether oxygens (including phenoxy) is 1. The van der Waals surface area contributed by atoms with Crippen molar-refractivity contribution in [3.63, 3.8) is 0 Å². The van der Waals surface area contributed by atoms with Crippen LogP contribution in [0, 0.1) is 5.82 Å². The quantitative estimate of drug-likeness (QED) is 0.763. The van der Waals surface area contributed by atoms with Crippen molar-refractivity contribution in [1.29, 1.82) is 0 Å². The maximum absolute atomic E-state index is 13.1. The van der Waals surface area contributed by atoms with E-state index in [0.717, 1.165) is 6.42 Å². The van der Waals surface area contributed by atoms with Crippen molar-refractivity contribution in [2.45, 2.75) is 32.3 Å². The molecule has 0 spiro atoms. The zero-order valence-corrected chi connectivity index (χ0v) is 10.7. The lowest BCUT2D eigenvalue weighted by Gasteiger charge is -2.12. The van der Waals surface area contributed by atoms with Gasteiger partial charge in [0.15, 0.2) is 0 Å².